The van der Waals surface area contributed by atoms with Crippen LogP contribution in [-0.4, -0.2) is 60.5 Å². The zero-order chi connectivity index (χ0) is 15.9. The number of rotatable bonds is 6. The smallest absolute Gasteiger partial charge is 0.255 e. The molecule has 1 aliphatic heterocycles. The molecule has 0 aliphatic carbocycles. The van der Waals surface area contributed by atoms with Crippen LogP contribution in [-0.2, 0) is 0 Å². The highest BCUT2D eigenvalue weighted by Crippen LogP contribution is 2.22. The third kappa shape index (κ3) is 4.44. The van der Waals surface area contributed by atoms with Crippen LogP contribution in [0.15, 0.2) is 18.5 Å². The second kappa shape index (κ2) is 8.13. The molecule has 1 aromatic rings. The zero-order valence-corrected chi connectivity index (χ0v) is 14.0. The highest BCUT2D eigenvalue weighted by atomic mass is 16.2. The fourth-order valence-corrected chi connectivity index (χ4v) is 2.94. The molecule has 22 heavy (non-hydrogen) atoms. The van der Waals surface area contributed by atoms with Crippen molar-refractivity contribution in [2.24, 2.45) is 0 Å². The molecule has 1 aliphatic rings. The average molecular weight is 304 g/mol. The number of nitrogens with one attached hydrogen (secondary N) is 1. The first-order valence-electron chi connectivity index (χ1n) is 8.26. The molecule has 1 unspecified atom stereocenters. The Morgan fingerprint density at radius 2 is 2.23 bits per heavy atom. The van der Waals surface area contributed by atoms with Gasteiger partial charge in [0, 0.05) is 38.1 Å². The van der Waals surface area contributed by atoms with Crippen molar-refractivity contribution >= 4 is 11.6 Å². The number of hydrogen-bond acceptors (Lipinski definition) is 4. The van der Waals surface area contributed by atoms with Gasteiger partial charge in [0.1, 0.15) is 0 Å². The van der Waals surface area contributed by atoms with E-state index in [4.69, 9.17) is 0 Å². The van der Waals surface area contributed by atoms with Gasteiger partial charge in [-0.05, 0) is 45.8 Å². The van der Waals surface area contributed by atoms with Gasteiger partial charge in [-0.1, -0.05) is 6.92 Å². The molecule has 0 radical (unpaired) electrons. The van der Waals surface area contributed by atoms with E-state index < -0.39 is 0 Å². The summed E-state index contributed by atoms with van der Waals surface area (Å²) in [5, 5.41) is 3.32. The molecule has 2 rings (SSSR count). The Hall–Kier alpha value is -1.62. The maximum Gasteiger partial charge on any atom is 0.255 e. The Balaban J connectivity index is 2.03. The number of pyridine rings is 1. The van der Waals surface area contributed by atoms with E-state index in [-0.39, 0.29) is 5.91 Å². The first kappa shape index (κ1) is 16.7. The molecule has 2 heterocycles. The number of piperidine rings is 1. The van der Waals surface area contributed by atoms with Crippen molar-refractivity contribution in [1.82, 2.24) is 14.8 Å². The molecule has 1 atom stereocenters. The van der Waals surface area contributed by atoms with E-state index in [1.807, 2.05) is 25.1 Å². The Kier molecular flexibility index (Phi) is 6.19. The maximum atomic E-state index is 12.8. The molecule has 1 amide bonds. The first-order valence-corrected chi connectivity index (χ1v) is 8.26. The van der Waals surface area contributed by atoms with Gasteiger partial charge in [-0.2, -0.15) is 0 Å². The number of aromatic nitrogens is 1. The molecule has 0 saturated carbocycles. The number of carbonyl (C=O) groups excluding carboxylic acids is 1. The summed E-state index contributed by atoms with van der Waals surface area (Å²) >= 11 is 0. The quantitative estimate of drug-likeness (QED) is 0.877. The minimum Gasteiger partial charge on any atom is -0.382 e. The van der Waals surface area contributed by atoms with E-state index in [0.29, 0.717) is 11.6 Å². The number of carbonyl (C=O) groups is 1. The van der Waals surface area contributed by atoms with Gasteiger partial charge in [0.05, 0.1) is 11.3 Å². The van der Waals surface area contributed by atoms with Gasteiger partial charge in [-0.15, -0.1) is 0 Å². The summed E-state index contributed by atoms with van der Waals surface area (Å²) in [6.07, 6.45) is 7.94. The number of hydrogen-bond donors (Lipinski definition) is 1. The van der Waals surface area contributed by atoms with Gasteiger partial charge < -0.3 is 15.1 Å². The van der Waals surface area contributed by atoms with Crippen molar-refractivity contribution in [3.8, 4) is 0 Å². The van der Waals surface area contributed by atoms with E-state index in [9.17, 15) is 4.79 Å². The van der Waals surface area contributed by atoms with E-state index in [0.717, 1.165) is 44.6 Å². The summed E-state index contributed by atoms with van der Waals surface area (Å²) in [6, 6.07) is 2.30. The molecule has 0 bridgehead atoms. The molecule has 0 aromatic carbocycles. The SMILES string of the molecule is CCC1CCCCN1C(=O)c1cncc(NCCN(C)C)c1. The van der Waals surface area contributed by atoms with Crippen molar-refractivity contribution < 1.29 is 4.79 Å². The van der Waals surface area contributed by atoms with Gasteiger partial charge in [0.25, 0.3) is 5.91 Å². The summed E-state index contributed by atoms with van der Waals surface area (Å²) in [5.74, 6) is 0.121. The molecule has 1 fully saturated rings. The van der Waals surface area contributed by atoms with Crippen LogP contribution in [0.2, 0.25) is 0 Å². The Bertz CT molecular complexity index is 489. The molecule has 5 nitrogen and oxygen atoms in total. The van der Waals surface area contributed by atoms with E-state index in [1.165, 1.54) is 6.42 Å². The lowest BCUT2D eigenvalue weighted by Gasteiger charge is -2.35. The second-order valence-electron chi connectivity index (χ2n) is 6.25. The molecule has 1 aromatic heterocycles. The summed E-state index contributed by atoms with van der Waals surface area (Å²) in [6.45, 7) is 4.82. The predicted molar refractivity (Wildman–Crippen MR) is 90.2 cm³/mol. The lowest BCUT2D eigenvalue weighted by molar-refractivity contribution is 0.0607. The standard InChI is InChI=1S/C17H28N4O/c1-4-16-7-5-6-9-21(16)17(22)14-11-15(13-18-12-14)19-8-10-20(2)3/h11-13,16,19H,4-10H2,1-3H3. The minimum absolute atomic E-state index is 0.121. The topological polar surface area (TPSA) is 48.5 Å². The number of likely N-dealkylation sites (N-methyl/N-ethyl adjacent to an activating group) is 1. The lowest BCUT2D eigenvalue weighted by Crippen LogP contribution is -2.43. The molecular formula is C17H28N4O. The monoisotopic (exact) mass is 304 g/mol. The highest BCUT2D eigenvalue weighted by molar-refractivity contribution is 5.95. The number of anilines is 1. The Morgan fingerprint density at radius 1 is 1.41 bits per heavy atom. The third-order valence-electron chi connectivity index (χ3n) is 4.23. The van der Waals surface area contributed by atoms with Crippen molar-refractivity contribution in [2.75, 3.05) is 39.0 Å². The highest BCUT2D eigenvalue weighted by Gasteiger charge is 2.26. The first-order chi connectivity index (χ1) is 10.6. The van der Waals surface area contributed by atoms with Gasteiger partial charge in [0.15, 0.2) is 0 Å². The van der Waals surface area contributed by atoms with Gasteiger partial charge in [-0.25, -0.2) is 0 Å². The van der Waals surface area contributed by atoms with Crippen molar-refractivity contribution in [1.29, 1.82) is 0 Å². The number of amides is 1. The fourth-order valence-electron chi connectivity index (χ4n) is 2.94. The zero-order valence-electron chi connectivity index (χ0n) is 14.0. The van der Waals surface area contributed by atoms with Crippen LogP contribution < -0.4 is 5.32 Å². The van der Waals surface area contributed by atoms with Crippen molar-refractivity contribution in [3.05, 3.63) is 24.0 Å². The van der Waals surface area contributed by atoms with Crippen LogP contribution in [0.25, 0.3) is 0 Å². The van der Waals surface area contributed by atoms with Crippen LogP contribution in [0.3, 0.4) is 0 Å². The molecule has 5 heteroatoms. The van der Waals surface area contributed by atoms with Crippen LogP contribution in [0.1, 0.15) is 43.0 Å². The van der Waals surface area contributed by atoms with Crippen LogP contribution in [0.4, 0.5) is 5.69 Å². The van der Waals surface area contributed by atoms with Gasteiger partial charge in [-0.3, -0.25) is 9.78 Å². The van der Waals surface area contributed by atoms with Gasteiger partial charge in [0.2, 0.25) is 0 Å². The van der Waals surface area contributed by atoms with Crippen LogP contribution >= 0.6 is 0 Å². The molecule has 1 saturated heterocycles. The summed E-state index contributed by atoms with van der Waals surface area (Å²) in [7, 11) is 4.09. The third-order valence-corrected chi connectivity index (χ3v) is 4.23. The van der Waals surface area contributed by atoms with E-state index in [1.54, 1.807) is 12.4 Å². The second-order valence-corrected chi connectivity index (χ2v) is 6.25. The minimum atomic E-state index is 0.121. The van der Waals surface area contributed by atoms with Crippen LogP contribution in [0, 0.1) is 0 Å². The summed E-state index contributed by atoms with van der Waals surface area (Å²) in [4.78, 5) is 21.1. The lowest BCUT2D eigenvalue weighted by atomic mass is 9.99. The number of likely N-dealkylation sites (tertiary alicyclic amines) is 1. The normalized spacial score (nSPS) is 18.5. The average Bonchev–Trinajstić information content (AvgIpc) is 2.54. The Labute approximate surface area is 133 Å². The maximum absolute atomic E-state index is 12.8. The summed E-state index contributed by atoms with van der Waals surface area (Å²) in [5.41, 5.74) is 1.60. The largest absolute Gasteiger partial charge is 0.382 e. The van der Waals surface area contributed by atoms with Crippen molar-refractivity contribution in [2.45, 2.75) is 38.6 Å². The molecular weight excluding hydrogens is 276 g/mol. The number of nitrogens with zero attached hydrogens (tertiary/aromatic N) is 3. The molecule has 122 valence electrons. The molecule has 1 N–H and O–H groups in total. The van der Waals surface area contributed by atoms with Crippen LogP contribution in [0.5, 0.6) is 0 Å². The van der Waals surface area contributed by atoms with E-state index in [2.05, 4.69) is 22.1 Å². The summed E-state index contributed by atoms with van der Waals surface area (Å²) < 4.78 is 0. The van der Waals surface area contributed by atoms with Gasteiger partial charge >= 0.3 is 0 Å². The Morgan fingerprint density at radius 3 is 2.95 bits per heavy atom. The fraction of sp³-hybridized carbons (Fsp3) is 0.647. The predicted octanol–water partition coefficient (Wildman–Crippen LogP) is 2.46. The van der Waals surface area contributed by atoms with Crippen molar-refractivity contribution in [3.63, 3.8) is 0 Å². The van der Waals surface area contributed by atoms with E-state index >= 15 is 0 Å². The molecule has 0 spiro atoms.